The standard InChI is InChI=1S/C16H16N4O2/c1-11-17-8-12-9-19(7-6-13(12)18-11)10-20-14-4-2-3-5-15(14)22-16(20)21/h2-5,8H,6-7,9-10H2,1H3. The van der Waals surface area contributed by atoms with Crippen LogP contribution in [0.1, 0.15) is 17.1 Å². The second-order valence-corrected chi connectivity index (χ2v) is 5.60. The van der Waals surface area contributed by atoms with Gasteiger partial charge >= 0.3 is 5.76 Å². The molecule has 0 radical (unpaired) electrons. The first-order valence-corrected chi connectivity index (χ1v) is 7.33. The molecule has 1 aromatic carbocycles. The molecule has 0 saturated carbocycles. The summed E-state index contributed by atoms with van der Waals surface area (Å²) in [5, 5.41) is 0. The summed E-state index contributed by atoms with van der Waals surface area (Å²) < 4.78 is 6.96. The van der Waals surface area contributed by atoms with E-state index in [9.17, 15) is 4.79 Å². The predicted octanol–water partition coefficient (Wildman–Crippen LogP) is 1.71. The third kappa shape index (κ3) is 2.21. The highest BCUT2D eigenvalue weighted by Gasteiger charge is 2.20. The third-order valence-electron chi connectivity index (χ3n) is 4.05. The normalized spacial score (nSPS) is 15.1. The molecular formula is C16H16N4O2. The third-order valence-corrected chi connectivity index (χ3v) is 4.05. The molecule has 0 unspecified atom stereocenters. The summed E-state index contributed by atoms with van der Waals surface area (Å²) in [6.45, 7) is 4.05. The maximum absolute atomic E-state index is 12.0. The average molecular weight is 296 g/mol. The van der Waals surface area contributed by atoms with Crippen LogP contribution in [0.2, 0.25) is 0 Å². The molecule has 0 N–H and O–H groups in total. The molecule has 0 aliphatic carbocycles. The molecule has 3 aromatic rings. The van der Waals surface area contributed by atoms with Crippen molar-refractivity contribution in [1.29, 1.82) is 0 Å². The van der Waals surface area contributed by atoms with E-state index in [-0.39, 0.29) is 5.76 Å². The van der Waals surface area contributed by atoms with E-state index in [2.05, 4.69) is 14.9 Å². The van der Waals surface area contributed by atoms with Gasteiger partial charge in [-0.25, -0.2) is 14.8 Å². The van der Waals surface area contributed by atoms with Crippen LogP contribution in [0.4, 0.5) is 0 Å². The van der Waals surface area contributed by atoms with Crippen molar-refractivity contribution >= 4 is 11.1 Å². The molecule has 1 aliphatic rings. The Morgan fingerprint density at radius 3 is 3.09 bits per heavy atom. The van der Waals surface area contributed by atoms with Crippen molar-refractivity contribution in [3.8, 4) is 0 Å². The van der Waals surface area contributed by atoms with E-state index in [1.54, 1.807) is 4.57 Å². The van der Waals surface area contributed by atoms with Crippen LogP contribution in [0, 0.1) is 6.92 Å². The number of nitrogens with zero attached hydrogens (tertiary/aromatic N) is 4. The van der Waals surface area contributed by atoms with Gasteiger partial charge in [0, 0.05) is 37.0 Å². The molecule has 0 amide bonds. The van der Waals surface area contributed by atoms with Gasteiger partial charge in [-0.15, -0.1) is 0 Å². The quantitative estimate of drug-likeness (QED) is 0.720. The van der Waals surface area contributed by atoms with Crippen LogP contribution < -0.4 is 5.76 Å². The van der Waals surface area contributed by atoms with Crippen molar-refractivity contribution in [3.05, 3.63) is 58.1 Å². The zero-order chi connectivity index (χ0) is 15.1. The maximum Gasteiger partial charge on any atom is 0.421 e. The van der Waals surface area contributed by atoms with Crippen LogP contribution in [-0.4, -0.2) is 26.0 Å². The number of para-hydroxylation sites is 2. The van der Waals surface area contributed by atoms with Crippen LogP contribution in [0.25, 0.3) is 11.1 Å². The van der Waals surface area contributed by atoms with Crippen LogP contribution in [0.15, 0.2) is 39.7 Å². The van der Waals surface area contributed by atoms with Crippen molar-refractivity contribution < 1.29 is 4.42 Å². The Bertz CT molecular complexity index is 897. The molecule has 3 heterocycles. The zero-order valence-corrected chi connectivity index (χ0v) is 12.3. The molecule has 6 nitrogen and oxygen atoms in total. The van der Waals surface area contributed by atoms with Gasteiger partial charge in [0.05, 0.1) is 12.2 Å². The number of benzene rings is 1. The van der Waals surface area contributed by atoms with Gasteiger partial charge in [-0.05, 0) is 19.1 Å². The van der Waals surface area contributed by atoms with Gasteiger partial charge in [-0.3, -0.25) is 9.47 Å². The van der Waals surface area contributed by atoms with Gasteiger partial charge in [-0.1, -0.05) is 12.1 Å². The second kappa shape index (κ2) is 5.06. The summed E-state index contributed by atoms with van der Waals surface area (Å²) in [6, 6.07) is 7.50. The van der Waals surface area contributed by atoms with Crippen LogP contribution >= 0.6 is 0 Å². The van der Waals surface area contributed by atoms with Crippen molar-refractivity contribution in [2.24, 2.45) is 0 Å². The summed E-state index contributed by atoms with van der Waals surface area (Å²) in [7, 11) is 0. The minimum Gasteiger partial charge on any atom is -0.408 e. The fourth-order valence-electron chi connectivity index (χ4n) is 2.94. The minimum atomic E-state index is -0.313. The maximum atomic E-state index is 12.0. The first-order valence-electron chi connectivity index (χ1n) is 7.33. The molecule has 0 atom stereocenters. The van der Waals surface area contributed by atoms with E-state index in [1.165, 1.54) is 0 Å². The zero-order valence-electron chi connectivity index (χ0n) is 12.3. The lowest BCUT2D eigenvalue weighted by Gasteiger charge is -2.27. The van der Waals surface area contributed by atoms with E-state index in [0.29, 0.717) is 12.3 Å². The summed E-state index contributed by atoms with van der Waals surface area (Å²) >= 11 is 0. The monoisotopic (exact) mass is 296 g/mol. The Labute approximate surface area is 127 Å². The van der Waals surface area contributed by atoms with E-state index in [4.69, 9.17) is 4.42 Å². The van der Waals surface area contributed by atoms with Crippen LogP contribution in [0.3, 0.4) is 0 Å². The van der Waals surface area contributed by atoms with Gasteiger partial charge in [0.15, 0.2) is 5.58 Å². The number of aryl methyl sites for hydroxylation is 1. The smallest absolute Gasteiger partial charge is 0.408 e. The van der Waals surface area contributed by atoms with Crippen molar-refractivity contribution in [3.63, 3.8) is 0 Å². The number of rotatable bonds is 2. The molecule has 0 fully saturated rings. The number of hydrogen-bond donors (Lipinski definition) is 0. The summed E-state index contributed by atoms with van der Waals surface area (Å²) in [5.74, 6) is 0.497. The van der Waals surface area contributed by atoms with E-state index in [0.717, 1.165) is 42.1 Å². The molecule has 6 heteroatoms. The predicted molar refractivity (Wildman–Crippen MR) is 81.4 cm³/mol. The van der Waals surface area contributed by atoms with Crippen molar-refractivity contribution in [2.45, 2.75) is 26.6 Å². The van der Waals surface area contributed by atoms with Crippen molar-refractivity contribution in [2.75, 3.05) is 6.54 Å². The Morgan fingerprint density at radius 2 is 2.18 bits per heavy atom. The minimum absolute atomic E-state index is 0.313. The number of oxazole rings is 1. The molecule has 0 spiro atoms. The van der Waals surface area contributed by atoms with E-state index < -0.39 is 0 Å². The average Bonchev–Trinajstić information content (AvgIpc) is 2.83. The fraction of sp³-hybridized carbons (Fsp3) is 0.312. The Kier molecular flexibility index (Phi) is 3.04. The molecule has 1 aliphatic heterocycles. The lowest BCUT2D eigenvalue weighted by molar-refractivity contribution is 0.194. The Morgan fingerprint density at radius 1 is 1.32 bits per heavy atom. The molecule has 2 aromatic heterocycles. The van der Waals surface area contributed by atoms with Crippen LogP contribution in [0.5, 0.6) is 0 Å². The first-order chi connectivity index (χ1) is 10.7. The molecular weight excluding hydrogens is 280 g/mol. The number of fused-ring (bicyclic) bond motifs is 2. The lowest BCUT2D eigenvalue weighted by atomic mass is 10.1. The highest BCUT2D eigenvalue weighted by atomic mass is 16.4. The summed E-state index contributed by atoms with van der Waals surface area (Å²) in [4.78, 5) is 23.0. The number of aromatic nitrogens is 3. The largest absolute Gasteiger partial charge is 0.421 e. The molecule has 0 bridgehead atoms. The van der Waals surface area contributed by atoms with Gasteiger partial charge < -0.3 is 4.42 Å². The highest BCUT2D eigenvalue weighted by Crippen LogP contribution is 2.18. The van der Waals surface area contributed by atoms with Gasteiger partial charge in [0.1, 0.15) is 5.82 Å². The SMILES string of the molecule is Cc1ncc2c(n1)CCN(Cn1c(=O)oc3ccccc31)C2. The van der Waals surface area contributed by atoms with Crippen LogP contribution in [-0.2, 0) is 19.6 Å². The van der Waals surface area contributed by atoms with Crippen molar-refractivity contribution in [1.82, 2.24) is 19.4 Å². The summed E-state index contributed by atoms with van der Waals surface area (Å²) in [6.07, 6.45) is 2.77. The summed E-state index contributed by atoms with van der Waals surface area (Å²) in [5.41, 5.74) is 3.72. The van der Waals surface area contributed by atoms with Gasteiger partial charge in [-0.2, -0.15) is 0 Å². The molecule has 22 heavy (non-hydrogen) atoms. The van der Waals surface area contributed by atoms with E-state index in [1.807, 2.05) is 37.4 Å². The number of hydrogen-bond acceptors (Lipinski definition) is 5. The Balaban J connectivity index is 1.63. The van der Waals surface area contributed by atoms with Gasteiger partial charge in [0.25, 0.3) is 0 Å². The first kappa shape index (κ1) is 13.2. The second-order valence-electron chi connectivity index (χ2n) is 5.60. The Hall–Kier alpha value is -2.47. The van der Waals surface area contributed by atoms with Gasteiger partial charge in [0.2, 0.25) is 0 Å². The topological polar surface area (TPSA) is 64.2 Å². The highest BCUT2D eigenvalue weighted by molar-refractivity contribution is 5.72. The molecule has 112 valence electrons. The van der Waals surface area contributed by atoms with E-state index >= 15 is 0 Å². The molecule has 4 rings (SSSR count). The molecule has 0 saturated heterocycles. The lowest BCUT2D eigenvalue weighted by Crippen LogP contribution is -2.35. The fourth-order valence-corrected chi connectivity index (χ4v) is 2.94.